The first kappa shape index (κ1) is 14.5. The first-order valence-corrected chi connectivity index (χ1v) is 7.92. The second-order valence-corrected chi connectivity index (χ2v) is 6.81. The van der Waals surface area contributed by atoms with E-state index < -0.39 is 6.10 Å². The standard InChI is InChI=1S/C16H18FNO2S/c1-9-14-11(17)4-3-5-13(14)21-15(9)16(20)18(2)8-12(19)10-6-7-10/h3-5,10,12,19H,6-8H2,1-2H3. The van der Waals surface area contributed by atoms with Gasteiger partial charge in [-0.3, -0.25) is 4.79 Å². The summed E-state index contributed by atoms with van der Waals surface area (Å²) in [6, 6.07) is 4.89. The molecule has 1 heterocycles. The van der Waals surface area contributed by atoms with Gasteiger partial charge in [0.25, 0.3) is 5.91 Å². The van der Waals surface area contributed by atoms with Gasteiger partial charge in [0.15, 0.2) is 0 Å². The fourth-order valence-corrected chi connectivity index (χ4v) is 3.84. The number of carbonyl (C=O) groups is 1. The number of benzene rings is 1. The van der Waals surface area contributed by atoms with E-state index in [-0.39, 0.29) is 11.7 Å². The first-order valence-electron chi connectivity index (χ1n) is 7.10. The minimum Gasteiger partial charge on any atom is -0.391 e. The molecule has 3 nitrogen and oxygen atoms in total. The Morgan fingerprint density at radius 2 is 2.24 bits per heavy atom. The van der Waals surface area contributed by atoms with Crippen molar-refractivity contribution in [3.8, 4) is 0 Å². The predicted molar refractivity (Wildman–Crippen MR) is 82.2 cm³/mol. The number of fused-ring (bicyclic) bond motifs is 1. The zero-order valence-electron chi connectivity index (χ0n) is 12.1. The van der Waals surface area contributed by atoms with Gasteiger partial charge in [0, 0.05) is 23.7 Å². The van der Waals surface area contributed by atoms with E-state index in [1.54, 1.807) is 24.9 Å². The van der Waals surface area contributed by atoms with Crippen LogP contribution in [0.3, 0.4) is 0 Å². The number of aliphatic hydroxyl groups excluding tert-OH is 1. The molecule has 1 atom stereocenters. The number of rotatable bonds is 4. The van der Waals surface area contributed by atoms with E-state index in [1.165, 1.54) is 17.4 Å². The average molecular weight is 307 g/mol. The molecule has 3 rings (SSSR count). The Bertz CT molecular complexity index is 693. The van der Waals surface area contributed by atoms with E-state index in [1.807, 2.05) is 6.07 Å². The van der Waals surface area contributed by atoms with Gasteiger partial charge < -0.3 is 10.0 Å². The maximum absolute atomic E-state index is 13.9. The largest absolute Gasteiger partial charge is 0.391 e. The van der Waals surface area contributed by atoms with E-state index in [0.717, 1.165) is 17.5 Å². The van der Waals surface area contributed by atoms with Crippen molar-refractivity contribution in [1.29, 1.82) is 0 Å². The maximum atomic E-state index is 13.9. The second kappa shape index (κ2) is 5.39. The molecule has 1 aromatic carbocycles. The van der Waals surface area contributed by atoms with Crippen molar-refractivity contribution in [3.05, 3.63) is 34.5 Å². The summed E-state index contributed by atoms with van der Waals surface area (Å²) >= 11 is 1.31. The Labute approximate surface area is 127 Å². The van der Waals surface area contributed by atoms with Crippen LogP contribution >= 0.6 is 11.3 Å². The topological polar surface area (TPSA) is 40.5 Å². The summed E-state index contributed by atoms with van der Waals surface area (Å²) in [5.41, 5.74) is 0.686. The van der Waals surface area contributed by atoms with Gasteiger partial charge >= 0.3 is 0 Å². The van der Waals surface area contributed by atoms with E-state index in [0.29, 0.717) is 28.3 Å². The van der Waals surface area contributed by atoms with Crippen LogP contribution in [-0.2, 0) is 0 Å². The fraction of sp³-hybridized carbons (Fsp3) is 0.438. The molecular formula is C16H18FNO2S. The first-order chi connectivity index (χ1) is 9.99. The molecule has 112 valence electrons. The molecule has 5 heteroatoms. The SMILES string of the molecule is Cc1c(C(=O)N(C)CC(O)C2CC2)sc2cccc(F)c12. The van der Waals surface area contributed by atoms with Crippen LogP contribution in [-0.4, -0.2) is 35.6 Å². The second-order valence-electron chi connectivity index (χ2n) is 5.76. The number of carbonyl (C=O) groups excluding carboxylic acids is 1. The third kappa shape index (κ3) is 2.68. The van der Waals surface area contributed by atoms with Gasteiger partial charge in [-0.1, -0.05) is 6.07 Å². The third-order valence-electron chi connectivity index (χ3n) is 4.07. The minimum atomic E-state index is -0.453. The van der Waals surface area contributed by atoms with E-state index in [9.17, 15) is 14.3 Å². The Morgan fingerprint density at radius 1 is 1.52 bits per heavy atom. The molecule has 0 spiro atoms. The molecule has 2 aromatic rings. The number of hydrogen-bond acceptors (Lipinski definition) is 3. The van der Waals surface area contributed by atoms with Crippen LogP contribution < -0.4 is 0 Å². The number of halogens is 1. The number of aliphatic hydroxyl groups is 1. The molecule has 1 aromatic heterocycles. The molecule has 1 N–H and O–H groups in total. The Kier molecular flexibility index (Phi) is 3.71. The highest BCUT2D eigenvalue weighted by atomic mass is 32.1. The van der Waals surface area contributed by atoms with Crippen LogP contribution in [0.15, 0.2) is 18.2 Å². The number of hydrogen-bond donors (Lipinski definition) is 1. The Morgan fingerprint density at radius 3 is 2.86 bits per heavy atom. The summed E-state index contributed by atoms with van der Waals surface area (Å²) in [5.74, 6) is -0.102. The molecule has 1 saturated carbocycles. The Balaban J connectivity index is 1.87. The van der Waals surface area contributed by atoms with Gasteiger partial charge in [0.05, 0.1) is 11.0 Å². The van der Waals surface area contributed by atoms with Crippen LogP contribution in [0.4, 0.5) is 4.39 Å². The van der Waals surface area contributed by atoms with Crippen molar-refractivity contribution < 1.29 is 14.3 Å². The lowest BCUT2D eigenvalue weighted by atomic mass is 10.1. The van der Waals surface area contributed by atoms with Gasteiger partial charge in [0.1, 0.15) is 5.82 Å². The van der Waals surface area contributed by atoms with E-state index >= 15 is 0 Å². The lowest BCUT2D eigenvalue weighted by molar-refractivity contribution is 0.0649. The summed E-state index contributed by atoms with van der Waals surface area (Å²) < 4.78 is 14.7. The molecule has 1 aliphatic rings. The van der Waals surface area contributed by atoms with Gasteiger partial charge in [-0.05, 0) is 43.4 Å². The summed E-state index contributed by atoms with van der Waals surface area (Å²) in [7, 11) is 1.69. The van der Waals surface area contributed by atoms with Gasteiger partial charge in [0.2, 0.25) is 0 Å². The number of aryl methyl sites for hydroxylation is 1. The number of likely N-dealkylation sites (N-methyl/N-ethyl adjacent to an activating group) is 1. The van der Waals surface area contributed by atoms with Crippen molar-refractivity contribution in [1.82, 2.24) is 4.90 Å². The molecule has 0 radical (unpaired) electrons. The van der Waals surface area contributed by atoms with Crippen LogP contribution in [0, 0.1) is 18.7 Å². The van der Waals surface area contributed by atoms with Crippen molar-refractivity contribution in [2.45, 2.75) is 25.9 Å². The van der Waals surface area contributed by atoms with Crippen LogP contribution in [0.2, 0.25) is 0 Å². The summed E-state index contributed by atoms with van der Waals surface area (Å²) in [4.78, 5) is 14.6. The van der Waals surface area contributed by atoms with Gasteiger partial charge in [-0.2, -0.15) is 0 Å². The van der Waals surface area contributed by atoms with Gasteiger partial charge in [-0.25, -0.2) is 4.39 Å². The minimum absolute atomic E-state index is 0.146. The molecular weight excluding hydrogens is 289 g/mol. The molecule has 1 aliphatic carbocycles. The molecule has 1 amide bonds. The molecule has 21 heavy (non-hydrogen) atoms. The van der Waals surface area contributed by atoms with Gasteiger partial charge in [-0.15, -0.1) is 11.3 Å². The highest BCUT2D eigenvalue weighted by Gasteiger charge is 2.31. The summed E-state index contributed by atoms with van der Waals surface area (Å²) in [5, 5.41) is 10.5. The fourth-order valence-electron chi connectivity index (χ4n) is 2.62. The smallest absolute Gasteiger partial charge is 0.264 e. The lowest BCUT2D eigenvalue weighted by Crippen LogP contribution is -2.35. The summed E-state index contributed by atoms with van der Waals surface area (Å²) in [6.07, 6.45) is 1.62. The van der Waals surface area contributed by atoms with Crippen molar-refractivity contribution in [2.75, 3.05) is 13.6 Å². The third-order valence-corrected chi connectivity index (χ3v) is 5.32. The molecule has 0 saturated heterocycles. The zero-order chi connectivity index (χ0) is 15.1. The van der Waals surface area contributed by atoms with E-state index in [4.69, 9.17) is 0 Å². The molecule has 1 unspecified atom stereocenters. The molecule has 0 bridgehead atoms. The zero-order valence-corrected chi connectivity index (χ0v) is 12.9. The summed E-state index contributed by atoms with van der Waals surface area (Å²) in [6.45, 7) is 2.11. The van der Waals surface area contributed by atoms with Crippen LogP contribution in [0.5, 0.6) is 0 Å². The predicted octanol–water partition coefficient (Wildman–Crippen LogP) is 3.19. The van der Waals surface area contributed by atoms with Crippen molar-refractivity contribution in [3.63, 3.8) is 0 Å². The van der Waals surface area contributed by atoms with Crippen molar-refractivity contribution in [2.24, 2.45) is 5.92 Å². The molecule has 1 fully saturated rings. The maximum Gasteiger partial charge on any atom is 0.264 e. The van der Waals surface area contributed by atoms with Crippen LogP contribution in [0.25, 0.3) is 10.1 Å². The van der Waals surface area contributed by atoms with E-state index in [2.05, 4.69) is 0 Å². The quantitative estimate of drug-likeness (QED) is 0.942. The van der Waals surface area contributed by atoms with Crippen molar-refractivity contribution >= 4 is 27.3 Å². The highest BCUT2D eigenvalue weighted by molar-refractivity contribution is 7.21. The number of thiophene rings is 1. The number of nitrogens with zero attached hydrogens (tertiary/aromatic N) is 1. The monoisotopic (exact) mass is 307 g/mol. The molecule has 0 aliphatic heterocycles. The van der Waals surface area contributed by atoms with Crippen LogP contribution in [0.1, 0.15) is 28.1 Å². The Hall–Kier alpha value is -1.46. The highest BCUT2D eigenvalue weighted by Crippen LogP contribution is 2.35. The average Bonchev–Trinajstić information content (AvgIpc) is 3.23. The lowest BCUT2D eigenvalue weighted by Gasteiger charge is -2.20. The normalized spacial score (nSPS) is 16.2. The number of amides is 1.